The standard InChI is InChI=1S/C23H25FN2O2/c1-16(18-6-9-21(24)10-7-18)25-23(27)15-26(2)14-17-4-5-20-13-22(28-3)11-8-19(20)12-17/h4-13,16H,14-15H2,1-3H3,(H,25,27)/t16-/m1/s1. The Morgan fingerprint density at radius 3 is 2.46 bits per heavy atom. The van der Waals surface area contributed by atoms with Gasteiger partial charge >= 0.3 is 0 Å². The Morgan fingerprint density at radius 1 is 1.07 bits per heavy atom. The molecule has 0 aliphatic rings. The highest BCUT2D eigenvalue weighted by Gasteiger charge is 2.12. The molecule has 0 spiro atoms. The summed E-state index contributed by atoms with van der Waals surface area (Å²) in [7, 11) is 3.58. The Hall–Kier alpha value is -2.92. The molecule has 3 rings (SSSR count). The van der Waals surface area contributed by atoms with Crippen LogP contribution in [0.15, 0.2) is 60.7 Å². The van der Waals surface area contributed by atoms with E-state index in [1.165, 1.54) is 12.1 Å². The molecule has 3 aromatic rings. The maximum absolute atomic E-state index is 13.0. The minimum atomic E-state index is -0.282. The third kappa shape index (κ3) is 5.08. The average Bonchev–Trinajstić information content (AvgIpc) is 2.67. The van der Waals surface area contributed by atoms with Crippen LogP contribution in [0.3, 0.4) is 0 Å². The molecule has 0 aliphatic heterocycles. The third-order valence-electron chi connectivity index (χ3n) is 4.73. The van der Waals surface area contributed by atoms with Crippen LogP contribution >= 0.6 is 0 Å². The van der Waals surface area contributed by atoms with Crippen molar-refractivity contribution in [2.24, 2.45) is 0 Å². The van der Waals surface area contributed by atoms with Gasteiger partial charge in [0.2, 0.25) is 5.91 Å². The second-order valence-electron chi connectivity index (χ2n) is 7.06. The van der Waals surface area contributed by atoms with Crippen molar-refractivity contribution >= 4 is 16.7 Å². The van der Waals surface area contributed by atoms with Gasteiger partial charge in [0.25, 0.3) is 0 Å². The molecule has 0 aliphatic carbocycles. The molecule has 1 amide bonds. The van der Waals surface area contributed by atoms with Crippen molar-refractivity contribution in [2.75, 3.05) is 20.7 Å². The van der Waals surface area contributed by atoms with Crippen LogP contribution in [-0.4, -0.2) is 31.5 Å². The Kier molecular flexibility index (Phi) is 6.26. The van der Waals surface area contributed by atoms with Crippen LogP contribution in [-0.2, 0) is 11.3 Å². The number of halogens is 1. The molecule has 1 atom stereocenters. The van der Waals surface area contributed by atoms with Gasteiger partial charge in [0, 0.05) is 6.54 Å². The zero-order valence-electron chi connectivity index (χ0n) is 16.4. The van der Waals surface area contributed by atoms with Crippen LogP contribution in [0, 0.1) is 5.82 Å². The lowest BCUT2D eigenvalue weighted by Crippen LogP contribution is -2.36. The number of benzene rings is 3. The van der Waals surface area contributed by atoms with Gasteiger partial charge in [0.1, 0.15) is 11.6 Å². The Bertz CT molecular complexity index is 956. The van der Waals surface area contributed by atoms with Crippen LogP contribution in [0.25, 0.3) is 10.8 Å². The van der Waals surface area contributed by atoms with E-state index in [1.807, 2.05) is 37.1 Å². The first-order chi connectivity index (χ1) is 13.4. The van der Waals surface area contributed by atoms with E-state index in [2.05, 4.69) is 23.5 Å². The predicted octanol–water partition coefficient (Wildman–Crippen LogP) is 4.30. The second kappa shape index (κ2) is 8.85. The van der Waals surface area contributed by atoms with Gasteiger partial charge in [-0.1, -0.05) is 30.3 Å². The monoisotopic (exact) mass is 380 g/mol. The topological polar surface area (TPSA) is 41.6 Å². The van der Waals surface area contributed by atoms with E-state index in [1.54, 1.807) is 19.2 Å². The van der Waals surface area contributed by atoms with Crippen molar-refractivity contribution in [3.63, 3.8) is 0 Å². The maximum Gasteiger partial charge on any atom is 0.234 e. The molecule has 3 aromatic carbocycles. The number of carbonyl (C=O) groups excluding carboxylic acids is 1. The fourth-order valence-corrected chi connectivity index (χ4v) is 3.23. The lowest BCUT2D eigenvalue weighted by molar-refractivity contribution is -0.122. The first-order valence-corrected chi connectivity index (χ1v) is 9.24. The number of fused-ring (bicyclic) bond motifs is 1. The third-order valence-corrected chi connectivity index (χ3v) is 4.73. The van der Waals surface area contributed by atoms with Gasteiger partial charge < -0.3 is 10.1 Å². The van der Waals surface area contributed by atoms with Crippen molar-refractivity contribution < 1.29 is 13.9 Å². The van der Waals surface area contributed by atoms with Gasteiger partial charge in [-0.15, -0.1) is 0 Å². The Balaban J connectivity index is 1.57. The summed E-state index contributed by atoms with van der Waals surface area (Å²) in [6, 6.07) is 18.3. The molecule has 0 bridgehead atoms. The maximum atomic E-state index is 13.0. The van der Waals surface area contributed by atoms with Crippen molar-refractivity contribution in [2.45, 2.75) is 19.5 Å². The fourth-order valence-electron chi connectivity index (χ4n) is 3.23. The van der Waals surface area contributed by atoms with E-state index in [0.717, 1.165) is 27.6 Å². The molecule has 0 fully saturated rings. The molecule has 0 radical (unpaired) electrons. The Labute approximate surface area is 164 Å². The van der Waals surface area contributed by atoms with Crippen molar-refractivity contribution in [3.05, 3.63) is 77.6 Å². The smallest absolute Gasteiger partial charge is 0.234 e. The average molecular weight is 380 g/mol. The lowest BCUT2D eigenvalue weighted by atomic mass is 10.1. The van der Waals surface area contributed by atoms with E-state index in [-0.39, 0.29) is 24.3 Å². The zero-order valence-corrected chi connectivity index (χ0v) is 16.4. The number of likely N-dealkylation sites (N-methyl/N-ethyl adjacent to an activating group) is 1. The largest absolute Gasteiger partial charge is 0.497 e. The second-order valence-corrected chi connectivity index (χ2v) is 7.06. The van der Waals surface area contributed by atoms with E-state index in [9.17, 15) is 9.18 Å². The normalized spacial score (nSPS) is 12.2. The first kappa shape index (κ1) is 19.8. The number of hydrogen-bond acceptors (Lipinski definition) is 3. The molecular formula is C23H25FN2O2. The summed E-state index contributed by atoms with van der Waals surface area (Å²) in [5, 5.41) is 5.22. The quantitative estimate of drug-likeness (QED) is 0.665. The number of methoxy groups -OCH3 is 1. The van der Waals surface area contributed by atoms with E-state index < -0.39 is 0 Å². The van der Waals surface area contributed by atoms with E-state index in [0.29, 0.717) is 6.54 Å². The number of nitrogens with one attached hydrogen (secondary N) is 1. The highest BCUT2D eigenvalue weighted by molar-refractivity contribution is 5.84. The van der Waals surface area contributed by atoms with Gasteiger partial charge in [0.15, 0.2) is 0 Å². The van der Waals surface area contributed by atoms with Crippen molar-refractivity contribution in [3.8, 4) is 5.75 Å². The van der Waals surface area contributed by atoms with Crippen LogP contribution < -0.4 is 10.1 Å². The molecule has 1 N–H and O–H groups in total. The van der Waals surface area contributed by atoms with Crippen LogP contribution in [0.5, 0.6) is 5.75 Å². The fraction of sp³-hybridized carbons (Fsp3) is 0.261. The van der Waals surface area contributed by atoms with Crippen LogP contribution in [0.2, 0.25) is 0 Å². The molecule has 146 valence electrons. The minimum Gasteiger partial charge on any atom is -0.497 e. The summed E-state index contributed by atoms with van der Waals surface area (Å²) in [5.41, 5.74) is 2.02. The summed E-state index contributed by atoms with van der Waals surface area (Å²) in [6.45, 7) is 2.84. The number of amides is 1. The highest BCUT2D eigenvalue weighted by atomic mass is 19.1. The molecule has 4 nitrogen and oxygen atoms in total. The summed E-state index contributed by atoms with van der Waals surface area (Å²) < 4.78 is 18.3. The van der Waals surface area contributed by atoms with Gasteiger partial charge in [-0.05, 0) is 66.2 Å². The zero-order chi connectivity index (χ0) is 20.1. The SMILES string of the molecule is COc1ccc2cc(CN(C)CC(=O)N[C@H](C)c3ccc(F)cc3)ccc2c1. The van der Waals surface area contributed by atoms with Gasteiger partial charge in [-0.25, -0.2) is 4.39 Å². The highest BCUT2D eigenvalue weighted by Crippen LogP contribution is 2.22. The summed E-state index contributed by atoms with van der Waals surface area (Å²) in [5.74, 6) is 0.491. The summed E-state index contributed by atoms with van der Waals surface area (Å²) in [4.78, 5) is 14.3. The number of ether oxygens (including phenoxy) is 1. The predicted molar refractivity (Wildman–Crippen MR) is 110 cm³/mol. The number of hydrogen-bond donors (Lipinski definition) is 1. The van der Waals surface area contributed by atoms with Gasteiger partial charge in [-0.2, -0.15) is 0 Å². The summed E-state index contributed by atoms with van der Waals surface area (Å²) >= 11 is 0. The van der Waals surface area contributed by atoms with Gasteiger partial charge in [-0.3, -0.25) is 9.69 Å². The molecule has 0 heterocycles. The Morgan fingerprint density at radius 2 is 1.75 bits per heavy atom. The molecular weight excluding hydrogens is 355 g/mol. The molecule has 0 aromatic heterocycles. The van der Waals surface area contributed by atoms with E-state index >= 15 is 0 Å². The molecule has 0 unspecified atom stereocenters. The summed E-state index contributed by atoms with van der Waals surface area (Å²) in [6.07, 6.45) is 0. The van der Waals surface area contributed by atoms with Crippen molar-refractivity contribution in [1.29, 1.82) is 0 Å². The first-order valence-electron chi connectivity index (χ1n) is 9.24. The number of carbonyl (C=O) groups is 1. The minimum absolute atomic E-state index is 0.0650. The molecule has 5 heteroatoms. The van der Waals surface area contributed by atoms with Crippen LogP contribution in [0.4, 0.5) is 4.39 Å². The molecule has 0 saturated carbocycles. The van der Waals surface area contributed by atoms with Crippen LogP contribution in [0.1, 0.15) is 24.1 Å². The number of nitrogens with zero attached hydrogens (tertiary/aromatic N) is 1. The molecule has 0 saturated heterocycles. The lowest BCUT2D eigenvalue weighted by Gasteiger charge is -2.19. The van der Waals surface area contributed by atoms with Crippen molar-refractivity contribution in [1.82, 2.24) is 10.2 Å². The number of rotatable bonds is 7. The molecule has 28 heavy (non-hydrogen) atoms. The van der Waals surface area contributed by atoms with Gasteiger partial charge in [0.05, 0.1) is 19.7 Å². The van der Waals surface area contributed by atoms with E-state index in [4.69, 9.17) is 4.74 Å².